The Labute approximate surface area is 184 Å². The van der Waals surface area contributed by atoms with E-state index in [2.05, 4.69) is 5.32 Å². The topological polar surface area (TPSA) is 49.4 Å². The third-order valence-electron chi connectivity index (χ3n) is 6.04. The van der Waals surface area contributed by atoms with Gasteiger partial charge in [-0.05, 0) is 55.9 Å². The van der Waals surface area contributed by atoms with E-state index < -0.39 is 6.04 Å². The quantitative estimate of drug-likeness (QED) is 0.641. The van der Waals surface area contributed by atoms with Gasteiger partial charge in [0.2, 0.25) is 11.8 Å². The molecule has 4 nitrogen and oxygen atoms in total. The molecule has 0 aromatic heterocycles. The van der Waals surface area contributed by atoms with Crippen LogP contribution in [0.5, 0.6) is 0 Å². The number of rotatable bonds is 8. The summed E-state index contributed by atoms with van der Waals surface area (Å²) in [5.74, 6) is -0.103. The van der Waals surface area contributed by atoms with Gasteiger partial charge in [0.15, 0.2) is 0 Å². The number of carbonyl (C=O) groups excluding carboxylic acids is 2. The summed E-state index contributed by atoms with van der Waals surface area (Å²) in [5.41, 5.74) is 3.13. The van der Waals surface area contributed by atoms with Crippen LogP contribution in [-0.2, 0) is 22.6 Å². The van der Waals surface area contributed by atoms with Gasteiger partial charge in [-0.2, -0.15) is 0 Å². The van der Waals surface area contributed by atoms with Crippen molar-refractivity contribution in [2.75, 3.05) is 0 Å². The molecule has 0 unspecified atom stereocenters. The fourth-order valence-electron chi connectivity index (χ4n) is 4.03. The lowest BCUT2D eigenvalue weighted by molar-refractivity contribution is -0.140. The molecular weight excluding hydrogens is 396 g/mol. The van der Waals surface area contributed by atoms with E-state index in [0.717, 1.165) is 42.4 Å². The van der Waals surface area contributed by atoms with Crippen molar-refractivity contribution in [1.82, 2.24) is 10.2 Å². The molecule has 2 aromatic rings. The van der Waals surface area contributed by atoms with Gasteiger partial charge in [-0.1, -0.05) is 66.9 Å². The van der Waals surface area contributed by atoms with E-state index in [9.17, 15) is 9.59 Å². The number of nitrogens with one attached hydrogen (secondary N) is 1. The molecule has 1 aliphatic rings. The fraction of sp³-hybridized carbons (Fsp3) is 0.440. The van der Waals surface area contributed by atoms with E-state index in [-0.39, 0.29) is 17.9 Å². The molecular formula is C25H31ClN2O2. The number of aryl methyl sites for hydroxylation is 2. The minimum Gasteiger partial charge on any atom is -0.352 e. The molecule has 0 spiro atoms. The standard InChI is InChI=1S/C25H31ClN2O2/c1-18-9-3-4-11-21(18)17-28(19(2)25(30)27-22-12-6-7-13-22)24(29)16-15-20-10-5-8-14-23(20)26/h3-5,8-11,14,19,22H,6-7,12-13,15-17H2,1-2H3,(H,27,30)/t19-/m0/s1. The first-order chi connectivity index (χ1) is 14.5. The summed E-state index contributed by atoms with van der Waals surface area (Å²) < 4.78 is 0. The second-order valence-electron chi connectivity index (χ2n) is 8.21. The van der Waals surface area contributed by atoms with Crippen molar-refractivity contribution < 1.29 is 9.59 Å². The molecule has 0 radical (unpaired) electrons. The lowest BCUT2D eigenvalue weighted by atomic mass is 10.1. The highest BCUT2D eigenvalue weighted by Crippen LogP contribution is 2.21. The Bertz CT molecular complexity index is 877. The van der Waals surface area contributed by atoms with Gasteiger partial charge in [0.25, 0.3) is 0 Å². The number of nitrogens with zero attached hydrogens (tertiary/aromatic N) is 1. The van der Waals surface area contributed by atoms with Gasteiger partial charge in [0.1, 0.15) is 6.04 Å². The predicted octanol–water partition coefficient (Wildman–Crippen LogP) is 5.06. The number of hydrogen-bond donors (Lipinski definition) is 1. The van der Waals surface area contributed by atoms with Crippen LogP contribution >= 0.6 is 11.6 Å². The van der Waals surface area contributed by atoms with Crippen molar-refractivity contribution in [3.63, 3.8) is 0 Å². The summed E-state index contributed by atoms with van der Waals surface area (Å²) in [6.07, 6.45) is 5.23. The first-order valence-electron chi connectivity index (χ1n) is 10.8. The van der Waals surface area contributed by atoms with Crippen molar-refractivity contribution in [3.8, 4) is 0 Å². The van der Waals surface area contributed by atoms with Crippen LogP contribution in [0.1, 0.15) is 55.7 Å². The van der Waals surface area contributed by atoms with E-state index in [0.29, 0.717) is 24.4 Å². The Morgan fingerprint density at radius 2 is 1.70 bits per heavy atom. The van der Waals surface area contributed by atoms with Gasteiger partial charge < -0.3 is 10.2 Å². The average Bonchev–Trinajstić information content (AvgIpc) is 3.25. The van der Waals surface area contributed by atoms with Gasteiger partial charge in [0, 0.05) is 24.0 Å². The van der Waals surface area contributed by atoms with Crippen LogP contribution in [0, 0.1) is 6.92 Å². The van der Waals surface area contributed by atoms with E-state index in [1.807, 2.05) is 62.4 Å². The highest BCUT2D eigenvalue weighted by atomic mass is 35.5. The third-order valence-corrected chi connectivity index (χ3v) is 6.41. The molecule has 2 amide bonds. The minimum atomic E-state index is -0.524. The summed E-state index contributed by atoms with van der Waals surface area (Å²) >= 11 is 6.26. The van der Waals surface area contributed by atoms with E-state index in [4.69, 9.17) is 11.6 Å². The molecule has 0 bridgehead atoms. The zero-order chi connectivity index (χ0) is 21.5. The molecule has 0 aliphatic heterocycles. The van der Waals surface area contributed by atoms with Crippen molar-refractivity contribution >= 4 is 23.4 Å². The number of carbonyl (C=O) groups is 2. The predicted molar refractivity (Wildman–Crippen MR) is 121 cm³/mol. The molecule has 3 rings (SSSR count). The minimum absolute atomic E-state index is 0.0350. The molecule has 30 heavy (non-hydrogen) atoms. The Hall–Kier alpha value is -2.33. The number of benzene rings is 2. The van der Waals surface area contributed by atoms with Crippen LogP contribution in [0.2, 0.25) is 5.02 Å². The molecule has 0 saturated heterocycles. The molecule has 2 aromatic carbocycles. The molecule has 1 N–H and O–H groups in total. The molecule has 160 valence electrons. The van der Waals surface area contributed by atoms with E-state index in [1.165, 1.54) is 0 Å². The van der Waals surface area contributed by atoms with Crippen LogP contribution in [0.25, 0.3) is 0 Å². The largest absolute Gasteiger partial charge is 0.352 e. The maximum atomic E-state index is 13.2. The van der Waals surface area contributed by atoms with E-state index >= 15 is 0 Å². The fourth-order valence-corrected chi connectivity index (χ4v) is 4.26. The summed E-state index contributed by atoms with van der Waals surface area (Å²) in [6.45, 7) is 4.29. The summed E-state index contributed by atoms with van der Waals surface area (Å²) in [7, 11) is 0. The summed E-state index contributed by atoms with van der Waals surface area (Å²) in [6, 6.07) is 15.3. The highest BCUT2D eigenvalue weighted by molar-refractivity contribution is 6.31. The molecule has 5 heteroatoms. The summed E-state index contributed by atoms with van der Waals surface area (Å²) in [5, 5.41) is 3.81. The molecule has 0 heterocycles. The SMILES string of the molecule is Cc1ccccc1CN(C(=O)CCc1ccccc1Cl)[C@@H](C)C(=O)NC1CCCC1. The molecule has 1 saturated carbocycles. The highest BCUT2D eigenvalue weighted by Gasteiger charge is 2.28. The van der Waals surface area contributed by atoms with Crippen LogP contribution in [0.4, 0.5) is 0 Å². The van der Waals surface area contributed by atoms with Crippen LogP contribution in [-0.4, -0.2) is 28.8 Å². The zero-order valence-corrected chi connectivity index (χ0v) is 18.6. The third kappa shape index (κ3) is 5.85. The molecule has 1 atom stereocenters. The first-order valence-corrected chi connectivity index (χ1v) is 11.2. The number of hydrogen-bond acceptors (Lipinski definition) is 2. The molecule has 1 aliphatic carbocycles. The lowest BCUT2D eigenvalue weighted by Gasteiger charge is -2.30. The maximum Gasteiger partial charge on any atom is 0.242 e. The Morgan fingerprint density at radius 3 is 2.37 bits per heavy atom. The molecule has 1 fully saturated rings. The van der Waals surface area contributed by atoms with Crippen LogP contribution < -0.4 is 5.32 Å². The number of amides is 2. The van der Waals surface area contributed by atoms with Crippen molar-refractivity contribution in [2.45, 2.75) is 71.0 Å². The Balaban J connectivity index is 1.73. The van der Waals surface area contributed by atoms with Gasteiger partial charge in [-0.15, -0.1) is 0 Å². The Kier molecular flexibility index (Phi) is 7.92. The van der Waals surface area contributed by atoms with Gasteiger partial charge in [-0.3, -0.25) is 9.59 Å². The monoisotopic (exact) mass is 426 g/mol. The van der Waals surface area contributed by atoms with E-state index in [1.54, 1.807) is 4.90 Å². The van der Waals surface area contributed by atoms with Crippen molar-refractivity contribution in [2.24, 2.45) is 0 Å². The zero-order valence-electron chi connectivity index (χ0n) is 17.9. The number of halogens is 1. The van der Waals surface area contributed by atoms with Crippen LogP contribution in [0.3, 0.4) is 0 Å². The van der Waals surface area contributed by atoms with Crippen molar-refractivity contribution in [1.29, 1.82) is 0 Å². The van der Waals surface area contributed by atoms with Gasteiger partial charge in [0.05, 0.1) is 0 Å². The summed E-state index contributed by atoms with van der Waals surface area (Å²) in [4.78, 5) is 27.9. The Morgan fingerprint density at radius 1 is 1.07 bits per heavy atom. The maximum absolute atomic E-state index is 13.2. The van der Waals surface area contributed by atoms with Gasteiger partial charge >= 0.3 is 0 Å². The van der Waals surface area contributed by atoms with Crippen molar-refractivity contribution in [3.05, 3.63) is 70.2 Å². The average molecular weight is 427 g/mol. The second-order valence-corrected chi connectivity index (χ2v) is 8.61. The first kappa shape index (κ1) is 22.4. The van der Waals surface area contributed by atoms with Gasteiger partial charge in [-0.25, -0.2) is 0 Å². The second kappa shape index (κ2) is 10.6. The lowest BCUT2D eigenvalue weighted by Crippen LogP contribution is -2.49. The smallest absolute Gasteiger partial charge is 0.242 e. The normalized spacial score (nSPS) is 15.0. The van der Waals surface area contributed by atoms with Crippen LogP contribution in [0.15, 0.2) is 48.5 Å².